The molecule has 4 N–H and O–H groups in total. The number of hydrogen-bond acceptors (Lipinski definition) is 3. The third-order valence-corrected chi connectivity index (χ3v) is 0.986. The molecule has 13 heavy (non-hydrogen) atoms. The van der Waals surface area contributed by atoms with Gasteiger partial charge in [-0.15, -0.1) is 0 Å². The van der Waals surface area contributed by atoms with E-state index in [9.17, 15) is 0 Å². The van der Waals surface area contributed by atoms with Gasteiger partial charge in [-0.25, -0.2) is 0 Å². The predicted molar refractivity (Wildman–Crippen MR) is 65.1 cm³/mol. The van der Waals surface area contributed by atoms with Gasteiger partial charge in [-0.3, -0.25) is 0 Å². The van der Waals surface area contributed by atoms with Crippen molar-refractivity contribution in [2.75, 3.05) is 26.3 Å². The molecular formula is C10H32N2O. The van der Waals surface area contributed by atoms with E-state index in [0.29, 0.717) is 13.1 Å². The van der Waals surface area contributed by atoms with Crippen molar-refractivity contribution >= 4 is 0 Å². The van der Waals surface area contributed by atoms with Crippen LogP contribution in [0.15, 0.2) is 0 Å². The van der Waals surface area contributed by atoms with Crippen LogP contribution >= 0.6 is 0 Å². The van der Waals surface area contributed by atoms with Crippen LogP contribution in [-0.2, 0) is 4.74 Å². The summed E-state index contributed by atoms with van der Waals surface area (Å²) in [5.74, 6) is 0. The van der Waals surface area contributed by atoms with Crippen molar-refractivity contribution < 1.29 is 7.59 Å². The van der Waals surface area contributed by atoms with Crippen LogP contribution in [-0.4, -0.2) is 26.3 Å². The van der Waals surface area contributed by atoms with Crippen LogP contribution in [0.2, 0.25) is 0 Å². The number of hydrogen-bond donors (Lipinski definition) is 2. The number of rotatable bonds is 6. The fourth-order valence-corrected chi connectivity index (χ4v) is 0.473. The van der Waals surface area contributed by atoms with Gasteiger partial charge >= 0.3 is 0 Å². The molecule has 0 aliphatic rings. The highest BCUT2D eigenvalue weighted by molar-refractivity contribution is 4.38. The minimum atomic E-state index is 0. The molecule has 0 heterocycles. The Labute approximate surface area is 86.8 Å². The SMILES string of the molecule is CC.CC.NCCCOCCCN.[HH].[HH]. The molecule has 0 amide bonds. The van der Waals surface area contributed by atoms with Crippen LogP contribution in [0.5, 0.6) is 0 Å². The summed E-state index contributed by atoms with van der Waals surface area (Å²) in [7, 11) is 0. The highest BCUT2D eigenvalue weighted by Gasteiger charge is 1.84. The molecule has 0 bridgehead atoms. The van der Waals surface area contributed by atoms with Gasteiger partial charge in [0.15, 0.2) is 0 Å². The monoisotopic (exact) mass is 196 g/mol. The molecule has 0 saturated heterocycles. The van der Waals surface area contributed by atoms with E-state index in [1.165, 1.54) is 0 Å². The Morgan fingerprint density at radius 2 is 1.15 bits per heavy atom. The molecule has 0 aliphatic heterocycles. The van der Waals surface area contributed by atoms with E-state index in [-0.39, 0.29) is 2.85 Å². The van der Waals surface area contributed by atoms with Gasteiger partial charge in [0.25, 0.3) is 0 Å². The van der Waals surface area contributed by atoms with Gasteiger partial charge in [-0.1, -0.05) is 27.7 Å². The minimum Gasteiger partial charge on any atom is -0.381 e. The first-order chi connectivity index (χ1) is 6.41. The van der Waals surface area contributed by atoms with Gasteiger partial charge in [0.05, 0.1) is 0 Å². The Kier molecular flexibility index (Phi) is 42.6. The molecule has 3 nitrogen and oxygen atoms in total. The molecule has 0 saturated carbocycles. The Bertz CT molecular complexity index is 54.7. The van der Waals surface area contributed by atoms with E-state index in [0.717, 1.165) is 26.1 Å². The van der Waals surface area contributed by atoms with Crippen LogP contribution in [0.4, 0.5) is 0 Å². The molecule has 0 fully saturated rings. The second-order valence-corrected chi connectivity index (χ2v) is 1.90. The fraction of sp³-hybridized carbons (Fsp3) is 1.00. The lowest BCUT2D eigenvalue weighted by Gasteiger charge is -1.99. The van der Waals surface area contributed by atoms with E-state index in [2.05, 4.69) is 0 Å². The third-order valence-electron chi connectivity index (χ3n) is 0.986. The summed E-state index contributed by atoms with van der Waals surface area (Å²) in [5, 5.41) is 0. The Morgan fingerprint density at radius 1 is 0.846 bits per heavy atom. The van der Waals surface area contributed by atoms with Crippen molar-refractivity contribution in [3.63, 3.8) is 0 Å². The predicted octanol–water partition coefficient (Wildman–Crippen LogP) is 2.25. The van der Waals surface area contributed by atoms with Gasteiger partial charge in [0.1, 0.15) is 0 Å². The molecule has 0 aromatic rings. The zero-order chi connectivity index (χ0) is 10.9. The Morgan fingerprint density at radius 3 is 1.38 bits per heavy atom. The van der Waals surface area contributed by atoms with Crippen LogP contribution in [0.1, 0.15) is 43.4 Å². The quantitative estimate of drug-likeness (QED) is 0.640. The first-order valence-electron chi connectivity index (χ1n) is 5.39. The maximum Gasteiger partial charge on any atom is 0.0478 e. The molecule has 0 aromatic heterocycles. The topological polar surface area (TPSA) is 61.3 Å². The van der Waals surface area contributed by atoms with Crippen molar-refractivity contribution in [1.82, 2.24) is 0 Å². The minimum absolute atomic E-state index is 0. The zero-order valence-electron chi connectivity index (χ0n) is 9.81. The van der Waals surface area contributed by atoms with Gasteiger partial charge in [-0.2, -0.15) is 0 Å². The van der Waals surface area contributed by atoms with Gasteiger partial charge in [-0.05, 0) is 25.9 Å². The average molecular weight is 196 g/mol. The lowest BCUT2D eigenvalue weighted by atomic mass is 10.4. The summed E-state index contributed by atoms with van der Waals surface area (Å²) in [6, 6.07) is 0. The van der Waals surface area contributed by atoms with Gasteiger partial charge in [0, 0.05) is 16.1 Å². The Balaban J connectivity index is -0.0000000496. The first kappa shape index (κ1) is 18.6. The Hall–Kier alpha value is -0.120. The number of nitrogens with two attached hydrogens (primary N) is 2. The first-order valence-corrected chi connectivity index (χ1v) is 5.39. The summed E-state index contributed by atoms with van der Waals surface area (Å²) in [5.41, 5.74) is 10.5. The molecule has 0 atom stereocenters. The van der Waals surface area contributed by atoms with Crippen molar-refractivity contribution in [3.05, 3.63) is 0 Å². The summed E-state index contributed by atoms with van der Waals surface area (Å²) in [6.45, 7) is 11.0. The normalized spacial score (nSPS) is 7.85. The van der Waals surface area contributed by atoms with Gasteiger partial charge < -0.3 is 16.2 Å². The largest absolute Gasteiger partial charge is 0.381 e. The second-order valence-electron chi connectivity index (χ2n) is 1.90. The van der Waals surface area contributed by atoms with E-state index in [1.54, 1.807) is 0 Å². The van der Waals surface area contributed by atoms with E-state index in [1.807, 2.05) is 27.7 Å². The number of ether oxygens (including phenoxy) is 1. The van der Waals surface area contributed by atoms with E-state index in [4.69, 9.17) is 16.2 Å². The fourth-order valence-electron chi connectivity index (χ4n) is 0.473. The maximum atomic E-state index is 5.24. The molecule has 0 unspecified atom stereocenters. The summed E-state index contributed by atoms with van der Waals surface area (Å²) >= 11 is 0. The lowest BCUT2D eigenvalue weighted by Crippen LogP contribution is -2.08. The highest BCUT2D eigenvalue weighted by atomic mass is 16.5. The van der Waals surface area contributed by atoms with E-state index < -0.39 is 0 Å². The molecule has 88 valence electrons. The smallest absolute Gasteiger partial charge is 0.0478 e. The molecule has 3 heteroatoms. The van der Waals surface area contributed by atoms with Crippen LogP contribution in [0.3, 0.4) is 0 Å². The van der Waals surface area contributed by atoms with Crippen LogP contribution in [0, 0.1) is 0 Å². The standard InChI is InChI=1S/C6H16N2O.2C2H6.2H2/c7-3-1-5-9-6-2-4-8;2*1-2;;/h1-8H2;2*1-2H3;2*1H. The summed E-state index contributed by atoms with van der Waals surface area (Å²) < 4.78 is 5.15. The third kappa shape index (κ3) is 33.5. The highest BCUT2D eigenvalue weighted by Crippen LogP contribution is 1.81. The average Bonchev–Trinajstić information content (AvgIpc) is 2.24. The summed E-state index contributed by atoms with van der Waals surface area (Å²) in [6.07, 6.45) is 1.90. The summed E-state index contributed by atoms with van der Waals surface area (Å²) in [4.78, 5) is 0. The maximum absolute atomic E-state index is 5.24. The molecule has 0 rings (SSSR count). The van der Waals surface area contributed by atoms with Gasteiger partial charge in [0.2, 0.25) is 0 Å². The molecule has 0 radical (unpaired) electrons. The molecular weight excluding hydrogens is 164 g/mol. The van der Waals surface area contributed by atoms with Crippen molar-refractivity contribution in [3.8, 4) is 0 Å². The molecule has 0 aromatic carbocycles. The molecule has 0 spiro atoms. The zero-order valence-corrected chi connectivity index (χ0v) is 9.81. The van der Waals surface area contributed by atoms with Crippen molar-refractivity contribution in [2.45, 2.75) is 40.5 Å². The molecule has 0 aliphatic carbocycles. The van der Waals surface area contributed by atoms with Crippen LogP contribution < -0.4 is 11.5 Å². The van der Waals surface area contributed by atoms with Crippen molar-refractivity contribution in [2.24, 2.45) is 11.5 Å². The lowest BCUT2D eigenvalue weighted by molar-refractivity contribution is 0.132. The van der Waals surface area contributed by atoms with Crippen LogP contribution in [0.25, 0.3) is 0 Å². The van der Waals surface area contributed by atoms with Crippen molar-refractivity contribution in [1.29, 1.82) is 0 Å². The van der Waals surface area contributed by atoms with E-state index >= 15 is 0 Å². The second kappa shape index (κ2) is 29.7.